The number of carboxylic acids is 1. The molecular weight excluding hydrogens is 254 g/mol. The Labute approximate surface area is 122 Å². The molecule has 0 spiro atoms. The number of likely N-dealkylation sites (N-methyl/N-ethyl adjacent to an activating group) is 1. The Bertz CT molecular complexity index is 343. The lowest BCUT2D eigenvalue weighted by Crippen LogP contribution is -2.58. The SMILES string of the molecule is CCNC(COC1CCC(C)C(C)C1)(C(=O)O)C1CC1. The molecule has 20 heavy (non-hydrogen) atoms. The minimum Gasteiger partial charge on any atom is -0.480 e. The van der Waals surface area contributed by atoms with Gasteiger partial charge in [0.05, 0.1) is 12.7 Å². The molecule has 2 saturated carbocycles. The molecule has 0 aromatic carbocycles. The zero-order valence-corrected chi connectivity index (χ0v) is 13.0. The summed E-state index contributed by atoms with van der Waals surface area (Å²) in [5, 5.41) is 12.8. The van der Waals surface area contributed by atoms with Crippen LogP contribution in [-0.2, 0) is 9.53 Å². The smallest absolute Gasteiger partial charge is 0.326 e. The van der Waals surface area contributed by atoms with Crippen molar-refractivity contribution in [1.82, 2.24) is 5.32 Å². The van der Waals surface area contributed by atoms with E-state index in [9.17, 15) is 9.90 Å². The van der Waals surface area contributed by atoms with Crippen molar-refractivity contribution >= 4 is 5.97 Å². The molecule has 0 amide bonds. The van der Waals surface area contributed by atoms with Gasteiger partial charge >= 0.3 is 5.97 Å². The Morgan fingerprint density at radius 1 is 1.25 bits per heavy atom. The molecule has 2 aliphatic rings. The third-order valence-corrected chi connectivity index (χ3v) is 5.24. The lowest BCUT2D eigenvalue weighted by Gasteiger charge is -2.36. The Morgan fingerprint density at radius 2 is 1.95 bits per heavy atom. The highest BCUT2D eigenvalue weighted by Crippen LogP contribution is 2.41. The molecule has 0 aromatic rings. The number of rotatable bonds is 7. The first kappa shape index (κ1) is 15.8. The molecular formula is C16H29NO3. The van der Waals surface area contributed by atoms with Gasteiger partial charge in [-0.1, -0.05) is 20.8 Å². The summed E-state index contributed by atoms with van der Waals surface area (Å²) in [7, 11) is 0. The van der Waals surface area contributed by atoms with E-state index in [0.29, 0.717) is 19.1 Å². The zero-order chi connectivity index (χ0) is 14.8. The molecule has 4 unspecified atom stereocenters. The predicted molar refractivity (Wildman–Crippen MR) is 78.7 cm³/mol. The topological polar surface area (TPSA) is 58.6 Å². The van der Waals surface area contributed by atoms with Crippen molar-refractivity contribution in [1.29, 1.82) is 0 Å². The van der Waals surface area contributed by atoms with E-state index in [1.807, 2.05) is 6.92 Å². The first-order valence-corrected chi connectivity index (χ1v) is 8.09. The molecule has 2 fully saturated rings. The van der Waals surface area contributed by atoms with Crippen LogP contribution in [0.15, 0.2) is 0 Å². The van der Waals surface area contributed by atoms with E-state index in [-0.39, 0.29) is 12.0 Å². The van der Waals surface area contributed by atoms with E-state index in [4.69, 9.17) is 4.74 Å². The number of nitrogens with one attached hydrogen (secondary N) is 1. The van der Waals surface area contributed by atoms with Gasteiger partial charge in [0.2, 0.25) is 0 Å². The average Bonchev–Trinajstić information content (AvgIpc) is 3.23. The molecule has 116 valence electrons. The quantitative estimate of drug-likeness (QED) is 0.754. The van der Waals surface area contributed by atoms with E-state index in [0.717, 1.165) is 31.6 Å². The molecule has 0 saturated heterocycles. The number of hydrogen-bond acceptors (Lipinski definition) is 3. The third-order valence-electron chi connectivity index (χ3n) is 5.24. The van der Waals surface area contributed by atoms with Crippen LogP contribution < -0.4 is 5.32 Å². The molecule has 2 rings (SSSR count). The monoisotopic (exact) mass is 283 g/mol. The Balaban J connectivity index is 1.93. The van der Waals surface area contributed by atoms with Crippen molar-refractivity contribution in [3.05, 3.63) is 0 Å². The maximum absolute atomic E-state index is 11.7. The van der Waals surface area contributed by atoms with Gasteiger partial charge in [-0.05, 0) is 56.4 Å². The van der Waals surface area contributed by atoms with Gasteiger partial charge < -0.3 is 9.84 Å². The van der Waals surface area contributed by atoms with E-state index < -0.39 is 11.5 Å². The number of hydrogen-bond donors (Lipinski definition) is 2. The van der Waals surface area contributed by atoms with Crippen molar-refractivity contribution in [2.75, 3.05) is 13.2 Å². The summed E-state index contributed by atoms with van der Waals surface area (Å²) in [5.41, 5.74) is -0.860. The van der Waals surface area contributed by atoms with Crippen LogP contribution in [-0.4, -0.2) is 35.9 Å². The van der Waals surface area contributed by atoms with Crippen molar-refractivity contribution in [2.45, 2.75) is 64.5 Å². The second kappa shape index (κ2) is 6.44. The fourth-order valence-electron chi connectivity index (χ4n) is 3.42. The van der Waals surface area contributed by atoms with Gasteiger partial charge in [-0.2, -0.15) is 0 Å². The summed E-state index contributed by atoms with van der Waals surface area (Å²) in [5.74, 6) is 0.920. The van der Waals surface area contributed by atoms with Crippen molar-refractivity contribution in [3.63, 3.8) is 0 Å². The molecule has 4 heteroatoms. The van der Waals surface area contributed by atoms with Gasteiger partial charge in [-0.3, -0.25) is 10.1 Å². The van der Waals surface area contributed by atoms with Gasteiger partial charge in [0.15, 0.2) is 0 Å². The third kappa shape index (κ3) is 3.34. The van der Waals surface area contributed by atoms with E-state index in [2.05, 4.69) is 19.2 Å². The van der Waals surface area contributed by atoms with Gasteiger partial charge in [-0.15, -0.1) is 0 Å². The summed E-state index contributed by atoms with van der Waals surface area (Å²) >= 11 is 0. The fraction of sp³-hybridized carbons (Fsp3) is 0.938. The van der Waals surface area contributed by atoms with Crippen molar-refractivity contribution < 1.29 is 14.6 Å². The minimum absolute atomic E-state index is 0.234. The Kier molecular flexibility index (Phi) is 5.08. The fourth-order valence-corrected chi connectivity index (χ4v) is 3.42. The van der Waals surface area contributed by atoms with Crippen LogP contribution in [0.4, 0.5) is 0 Å². The zero-order valence-electron chi connectivity index (χ0n) is 13.0. The largest absolute Gasteiger partial charge is 0.480 e. The number of aliphatic carboxylic acids is 1. The van der Waals surface area contributed by atoms with E-state index >= 15 is 0 Å². The maximum atomic E-state index is 11.7. The second-order valence-electron chi connectivity index (χ2n) is 6.78. The molecule has 4 nitrogen and oxygen atoms in total. The van der Waals surface area contributed by atoms with Crippen molar-refractivity contribution in [2.24, 2.45) is 17.8 Å². The maximum Gasteiger partial charge on any atom is 0.326 e. The summed E-state index contributed by atoms with van der Waals surface area (Å²) in [6.45, 7) is 7.52. The highest BCUT2D eigenvalue weighted by molar-refractivity contribution is 5.80. The first-order valence-electron chi connectivity index (χ1n) is 8.09. The van der Waals surface area contributed by atoms with Gasteiger partial charge in [0, 0.05) is 0 Å². The number of carbonyl (C=O) groups is 1. The van der Waals surface area contributed by atoms with Crippen LogP contribution in [0.3, 0.4) is 0 Å². The van der Waals surface area contributed by atoms with Crippen LogP contribution in [0.1, 0.15) is 52.9 Å². The molecule has 0 radical (unpaired) electrons. The highest BCUT2D eigenvalue weighted by Gasteiger charge is 2.51. The Hall–Kier alpha value is -0.610. The van der Waals surface area contributed by atoms with Gasteiger partial charge in [-0.25, -0.2) is 0 Å². The van der Waals surface area contributed by atoms with Gasteiger partial charge in [0.25, 0.3) is 0 Å². The standard InChI is InChI=1S/C16H29NO3/c1-4-17-16(15(18)19,13-6-7-13)10-20-14-8-5-11(2)12(3)9-14/h11-14,17H,4-10H2,1-3H3,(H,18,19). The molecule has 0 aliphatic heterocycles. The summed E-state index contributed by atoms with van der Waals surface area (Å²) in [6.07, 6.45) is 5.56. The first-order chi connectivity index (χ1) is 9.49. The molecule has 0 bridgehead atoms. The van der Waals surface area contributed by atoms with Crippen molar-refractivity contribution in [3.8, 4) is 0 Å². The normalized spacial score (nSPS) is 33.6. The second-order valence-corrected chi connectivity index (χ2v) is 6.78. The lowest BCUT2D eigenvalue weighted by molar-refractivity contribution is -0.151. The van der Waals surface area contributed by atoms with Crippen LogP contribution in [0.5, 0.6) is 0 Å². The summed E-state index contributed by atoms with van der Waals surface area (Å²) in [4.78, 5) is 11.7. The highest BCUT2D eigenvalue weighted by atomic mass is 16.5. The number of carboxylic acid groups (broad SMARTS) is 1. The minimum atomic E-state index is -0.860. The molecule has 2 N–H and O–H groups in total. The average molecular weight is 283 g/mol. The molecule has 0 heterocycles. The number of ether oxygens (including phenoxy) is 1. The summed E-state index contributed by atoms with van der Waals surface area (Å²) < 4.78 is 6.04. The molecule has 4 atom stereocenters. The van der Waals surface area contributed by atoms with Crippen LogP contribution in [0.25, 0.3) is 0 Å². The van der Waals surface area contributed by atoms with Crippen LogP contribution in [0, 0.1) is 17.8 Å². The van der Waals surface area contributed by atoms with E-state index in [1.165, 1.54) is 6.42 Å². The predicted octanol–water partition coefficient (Wildman–Crippen LogP) is 2.67. The van der Waals surface area contributed by atoms with Crippen LogP contribution in [0.2, 0.25) is 0 Å². The lowest BCUT2D eigenvalue weighted by atomic mass is 9.80. The van der Waals surface area contributed by atoms with Crippen LogP contribution >= 0.6 is 0 Å². The Morgan fingerprint density at radius 3 is 2.45 bits per heavy atom. The van der Waals surface area contributed by atoms with Gasteiger partial charge in [0.1, 0.15) is 5.54 Å². The van der Waals surface area contributed by atoms with E-state index in [1.54, 1.807) is 0 Å². The summed E-state index contributed by atoms with van der Waals surface area (Å²) in [6, 6.07) is 0. The molecule has 2 aliphatic carbocycles. The molecule has 0 aromatic heterocycles.